The molecule has 4 rings (SSSR count). The van der Waals surface area contributed by atoms with Crippen molar-refractivity contribution in [1.82, 2.24) is 10.2 Å². The minimum atomic E-state index is -0.00304. The third-order valence-corrected chi connectivity index (χ3v) is 5.54. The summed E-state index contributed by atoms with van der Waals surface area (Å²) in [5.41, 5.74) is 3.33. The molecule has 0 spiro atoms. The molecule has 1 aromatic carbocycles. The predicted octanol–water partition coefficient (Wildman–Crippen LogP) is 3.07. The topological polar surface area (TPSA) is 53.9 Å². The first-order valence-corrected chi connectivity index (χ1v) is 9.07. The number of likely N-dealkylation sites (tertiary alicyclic amines) is 1. The van der Waals surface area contributed by atoms with Crippen LogP contribution in [0.5, 0.6) is 0 Å². The van der Waals surface area contributed by atoms with Crippen LogP contribution in [0, 0.1) is 12.8 Å². The highest BCUT2D eigenvalue weighted by atomic mass is 16.6. The molecule has 2 amide bonds. The maximum absolute atomic E-state index is 12.6. The normalized spacial score (nSPS) is 26.7. The van der Waals surface area contributed by atoms with Crippen LogP contribution in [0.3, 0.4) is 0 Å². The summed E-state index contributed by atoms with van der Waals surface area (Å²) in [7, 11) is 0. The minimum absolute atomic E-state index is 0.00304. The van der Waals surface area contributed by atoms with E-state index in [1.54, 1.807) is 0 Å². The van der Waals surface area contributed by atoms with Crippen LogP contribution in [-0.4, -0.2) is 41.9 Å². The van der Waals surface area contributed by atoms with E-state index in [-0.39, 0.29) is 18.1 Å². The number of hydrogen-bond acceptors (Lipinski definition) is 3. The predicted molar refractivity (Wildman–Crippen MR) is 93.1 cm³/mol. The first-order valence-electron chi connectivity index (χ1n) is 9.07. The zero-order valence-corrected chi connectivity index (χ0v) is 14.2. The van der Waals surface area contributed by atoms with Crippen molar-refractivity contribution in [2.75, 3.05) is 13.1 Å². The largest absolute Gasteiger partial charge is 0.390 e. The van der Waals surface area contributed by atoms with Crippen molar-refractivity contribution in [3.63, 3.8) is 0 Å². The Balaban J connectivity index is 1.42. The Morgan fingerprint density at radius 2 is 2.00 bits per heavy atom. The second-order valence-corrected chi connectivity index (χ2v) is 7.23. The van der Waals surface area contributed by atoms with Gasteiger partial charge in [-0.05, 0) is 25.3 Å². The lowest BCUT2D eigenvalue weighted by molar-refractivity contribution is 0.0771. The van der Waals surface area contributed by atoms with E-state index in [4.69, 9.17) is 4.84 Å². The monoisotopic (exact) mass is 327 g/mol. The molecule has 2 unspecified atom stereocenters. The van der Waals surface area contributed by atoms with Gasteiger partial charge in [0.25, 0.3) is 0 Å². The van der Waals surface area contributed by atoms with Crippen LogP contribution in [0.15, 0.2) is 29.4 Å². The third kappa shape index (κ3) is 2.87. The number of oxime groups is 1. The first kappa shape index (κ1) is 15.5. The molecule has 5 nitrogen and oxygen atoms in total. The van der Waals surface area contributed by atoms with Crippen molar-refractivity contribution in [2.45, 2.75) is 51.2 Å². The van der Waals surface area contributed by atoms with E-state index < -0.39 is 0 Å². The number of nitrogens with zero attached hydrogens (tertiary/aromatic N) is 2. The Morgan fingerprint density at radius 3 is 2.79 bits per heavy atom. The van der Waals surface area contributed by atoms with Crippen molar-refractivity contribution in [2.24, 2.45) is 11.1 Å². The average Bonchev–Trinajstić information content (AvgIpc) is 3.17. The van der Waals surface area contributed by atoms with E-state index in [1.807, 2.05) is 17.0 Å². The molecule has 2 fully saturated rings. The lowest BCUT2D eigenvalue weighted by Crippen LogP contribution is -2.45. The molecule has 2 atom stereocenters. The summed E-state index contributed by atoms with van der Waals surface area (Å²) in [5.74, 6) is 0.184. The Morgan fingerprint density at radius 1 is 1.21 bits per heavy atom. The van der Waals surface area contributed by atoms with Crippen molar-refractivity contribution in [1.29, 1.82) is 0 Å². The van der Waals surface area contributed by atoms with Gasteiger partial charge in [0, 0.05) is 18.2 Å². The van der Waals surface area contributed by atoms with Gasteiger partial charge in [-0.25, -0.2) is 4.79 Å². The molecule has 1 N–H and O–H groups in total. The van der Waals surface area contributed by atoms with E-state index in [2.05, 4.69) is 29.5 Å². The Hall–Kier alpha value is -2.04. The highest BCUT2D eigenvalue weighted by Gasteiger charge is 2.44. The lowest BCUT2D eigenvalue weighted by atomic mass is 9.92. The van der Waals surface area contributed by atoms with Gasteiger partial charge in [-0.2, -0.15) is 0 Å². The molecule has 5 heteroatoms. The van der Waals surface area contributed by atoms with E-state index in [1.165, 1.54) is 24.8 Å². The van der Waals surface area contributed by atoms with Gasteiger partial charge in [-0.3, -0.25) is 0 Å². The molecule has 2 heterocycles. The number of nitrogens with one attached hydrogen (secondary N) is 1. The molecule has 24 heavy (non-hydrogen) atoms. The van der Waals surface area contributed by atoms with Crippen LogP contribution in [-0.2, 0) is 4.84 Å². The summed E-state index contributed by atoms with van der Waals surface area (Å²) in [6.07, 6.45) is 5.96. The van der Waals surface area contributed by atoms with Crippen LogP contribution in [0.25, 0.3) is 0 Å². The first-order chi connectivity index (χ1) is 11.7. The lowest BCUT2D eigenvalue weighted by Gasteiger charge is -2.26. The molecular weight excluding hydrogens is 302 g/mol. The SMILES string of the molecule is Cc1ccccc1C1=NOC2CN(C(=O)NC3CCCCC3)CC12. The molecule has 1 aliphatic carbocycles. The number of carbonyl (C=O) groups excluding carboxylic acids is 1. The van der Waals surface area contributed by atoms with Gasteiger partial charge in [0.2, 0.25) is 0 Å². The molecule has 2 aliphatic heterocycles. The van der Waals surface area contributed by atoms with Crippen molar-refractivity contribution in [3.05, 3.63) is 35.4 Å². The van der Waals surface area contributed by atoms with Gasteiger partial charge in [0.05, 0.1) is 18.2 Å². The summed E-state index contributed by atoms with van der Waals surface area (Å²) in [4.78, 5) is 20.1. The Labute approximate surface area is 143 Å². The molecule has 0 radical (unpaired) electrons. The molecule has 1 saturated carbocycles. The quantitative estimate of drug-likeness (QED) is 0.907. The van der Waals surface area contributed by atoms with E-state index in [0.717, 1.165) is 24.1 Å². The number of aryl methyl sites for hydroxylation is 1. The smallest absolute Gasteiger partial charge is 0.317 e. The molecule has 0 bridgehead atoms. The molecular formula is C19H25N3O2. The van der Waals surface area contributed by atoms with Crippen LogP contribution < -0.4 is 5.32 Å². The van der Waals surface area contributed by atoms with Gasteiger partial charge in [0.15, 0.2) is 6.10 Å². The van der Waals surface area contributed by atoms with Crippen LogP contribution in [0.2, 0.25) is 0 Å². The second kappa shape index (κ2) is 6.46. The maximum Gasteiger partial charge on any atom is 0.317 e. The highest BCUT2D eigenvalue weighted by Crippen LogP contribution is 2.31. The third-order valence-electron chi connectivity index (χ3n) is 5.54. The summed E-state index contributed by atoms with van der Waals surface area (Å²) in [5, 5.41) is 7.53. The highest BCUT2D eigenvalue weighted by molar-refractivity contribution is 6.04. The number of carbonyl (C=O) groups is 1. The van der Waals surface area contributed by atoms with Gasteiger partial charge < -0.3 is 15.1 Å². The van der Waals surface area contributed by atoms with Crippen molar-refractivity contribution in [3.8, 4) is 0 Å². The van der Waals surface area contributed by atoms with Gasteiger partial charge >= 0.3 is 6.03 Å². The van der Waals surface area contributed by atoms with Gasteiger partial charge in [0.1, 0.15) is 0 Å². The Bertz CT molecular complexity index is 652. The zero-order chi connectivity index (χ0) is 16.5. The number of amides is 2. The maximum atomic E-state index is 12.6. The fourth-order valence-corrected chi connectivity index (χ4v) is 4.12. The average molecular weight is 327 g/mol. The zero-order valence-electron chi connectivity index (χ0n) is 14.2. The van der Waals surface area contributed by atoms with E-state index >= 15 is 0 Å². The van der Waals surface area contributed by atoms with Crippen LogP contribution in [0.4, 0.5) is 4.79 Å². The molecule has 128 valence electrons. The number of rotatable bonds is 2. The number of hydrogen-bond donors (Lipinski definition) is 1. The molecule has 1 aromatic rings. The molecule has 3 aliphatic rings. The summed E-state index contributed by atoms with van der Waals surface area (Å²) < 4.78 is 0. The number of benzene rings is 1. The molecule has 1 saturated heterocycles. The van der Waals surface area contributed by atoms with E-state index in [0.29, 0.717) is 19.1 Å². The minimum Gasteiger partial charge on any atom is -0.390 e. The van der Waals surface area contributed by atoms with Crippen molar-refractivity contribution < 1.29 is 9.63 Å². The summed E-state index contributed by atoms with van der Waals surface area (Å²) in [6, 6.07) is 8.64. The summed E-state index contributed by atoms with van der Waals surface area (Å²) >= 11 is 0. The Kier molecular flexibility index (Phi) is 4.17. The standard InChI is InChI=1S/C19H25N3O2/c1-13-7-5-6-10-15(13)18-16-11-22(12-17(16)24-21-18)19(23)20-14-8-3-2-4-9-14/h5-7,10,14,16-17H,2-4,8-9,11-12H2,1H3,(H,20,23). The molecule has 0 aromatic heterocycles. The van der Waals surface area contributed by atoms with E-state index in [9.17, 15) is 4.79 Å². The van der Waals surface area contributed by atoms with Crippen LogP contribution >= 0.6 is 0 Å². The second-order valence-electron chi connectivity index (χ2n) is 7.23. The van der Waals surface area contributed by atoms with Gasteiger partial charge in [-0.1, -0.05) is 48.7 Å². The number of fused-ring (bicyclic) bond motifs is 1. The fraction of sp³-hybridized carbons (Fsp3) is 0.579. The fourth-order valence-electron chi connectivity index (χ4n) is 4.12. The number of urea groups is 1. The summed E-state index contributed by atoms with van der Waals surface area (Å²) in [6.45, 7) is 3.41. The van der Waals surface area contributed by atoms with Gasteiger partial charge in [-0.15, -0.1) is 0 Å². The van der Waals surface area contributed by atoms with Crippen molar-refractivity contribution >= 4 is 11.7 Å². The van der Waals surface area contributed by atoms with Crippen LogP contribution in [0.1, 0.15) is 43.2 Å².